The molecule has 112 valence electrons. The lowest BCUT2D eigenvalue weighted by atomic mass is 10.1. The molecule has 1 heterocycles. The van der Waals surface area contributed by atoms with Crippen molar-refractivity contribution in [3.63, 3.8) is 0 Å². The molecule has 0 bridgehead atoms. The van der Waals surface area contributed by atoms with Gasteiger partial charge in [0.15, 0.2) is 5.82 Å². The van der Waals surface area contributed by atoms with Crippen LogP contribution in [0.25, 0.3) is 0 Å². The molecule has 5 nitrogen and oxygen atoms in total. The number of hydrogen-bond donors (Lipinski definition) is 1. The first kappa shape index (κ1) is 15.8. The summed E-state index contributed by atoms with van der Waals surface area (Å²) < 4.78 is 0. The zero-order valence-electron chi connectivity index (χ0n) is 12.3. The number of carbonyl (C=O) groups is 1. The van der Waals surface area contributed by atoms with E-state index >= 15 is 0 Å². The van der Waals surface area contributed by atoms with E-state index in [0.717, 1.165) is 0 Å². The van der Waals surface area contributed by atoms with E-state index in [1.165, 1.54) is 5.01 Å². The van der Waals surface area contributed by atoms with Gasteiger partial charge in [-0.25, -0.2) is 4.98 Å². The number of rotatable bonds is 4. The third-order valence-electron chi connectivity index (χ3n) is 3.12. The van der Waals surface area contributed by atoms with E-state index in [2.05, 4.69) is 16.5 Å². The van der Waals surface area contributed by atoms with Gasteiger partial charge in [-0.1, -0.05) is 29.8 Å². The highest BCUT2D eigenvalue weighted by molar-refractivity contribution is 6.29. The van der Waals surface area contributed by atoms with Crippen LogP contribution in [0.5, 0.6) is 0 Å². The fourth-order valence-electron chi connectivity index (χ4n) is 2.01. The molecular formula is C16H15ClN4O. The van der Waals surface area contributed by atoms with E-state index in [1.54, 1.807) is 37.3 Å². The molecule has 0 saturated heterocycles. The molecular weight excluding hydrogens is 300 g/mol. The molecule has 0 aliphatic rings. The van der Waals surface area contributed by atoms with Gasteiger partial charge in [-0.15, -0.1) is 0 Å². The zero-order chi connectivity index (χ0) is 16.1. The monoisotopic (exact) mass is 314 g/mol. The van der Waals surface area contributed by atoms with Gasteiger partial charge in [0.25, 0.3) is 5.91 Å². The van der Waals surface area contributed by atoms with Gasteiger partial charge < -0.3 is 0 Å². The third kappa shape index (κ3) is 3.35. The highest BCUT2D eigenvalue weighted by Gasteiger charge is 2.17. The molecule has 1 N–H and O–H groups in total. The Morgan fingerprint density at radius 3 is 2.68 bits per heavy atom. The summed E-state index contributed by atoms with van der Waals surface area (Å²) in [4.78, 5) is 16.4. The Morgan fingerprint density at radius 1 is 1.41 bits per heavy atom. The van der Waals surface area contributed by atoms with Crippen LogP contribution in [-0.2, 0) is 0 Å². The summed E-state index contributed by atoms with van der Waals surface area (Å²) in [5, 5.41) is 11.1. The molecule has 0 spiro atoms. The number of benzene rings is 1. The highest BCUT2D eigenvalue weighted by Crippen LogP contribution is 2.23. The fourth-order valence-corrected chi connectivity index (χ4v) is 2.25. The minimum absolute atomic E-state index is 0.272. The van der Waals surface area contributed by atoms with Crippen LogP contribution >= 0.6 is 11.6 Å². The van der Waals surface area contributed by atoms with Crippen molar-refractivity contribution in [2.75, 3.05) is 11.6 Å². The fraction of sp³-hybridized carbons (Fsp3) is 0.188. The van der Waals surface area contributed by atoms with Crippen molar-refractivity contribution in [2.24, 2.45) is 0 Å². The number of aryl methyl sites for hydroxylation is 1. The van der Waals surface area contributed by atoms with Gasteiger partial charge >= 0.3 is 0 Å². The number of anilines is 1. The Bertz CT molecular complexity index is 725. The predicted molar refractivity (Wildman–Crippen MR) is 85.6 cm³/mol. The van der Waals surface area contributed by atoms with Crippen LogP contribution in [0.4, 0.5) is 5.82 Å². The van der Waals surface area contributed by atoms with Crippen LogP contribution < -0.4 is 10.4 Å². The van der Waals surface area contributed by atoms with Gasteiger partial charge in [-0.3, -0.25) is 15.2 Å². The van der Waals surface area contributed by atoms with E-state index in [-0.39, 0.29) is 11.1 Å². The molecule has 0 radical (unpaired) electrons. The second-order valence-electron chi connectivity index (χ2n) is 4.62. The van der Waals surface area contributed by atoms with Crippen LogP contribution in [0.2, 0.25) is 5.15 Å². The molecule has 22 heavy (non-hydrogen) atoms. The maximum atomic E-state index is 12.3. The number of carbonyl (C=O) groups excluding carboxylic acids is 1. The minimum Gasteiger partial charge on any atom is -0.267 e. The zero-order valence-corrected chi connectivity index (χ0v) is 13.1. The quantitative estimate of drug-likeness (QED) is 0.695. The first-order chi connectivity index (χ1) is 10.6. The summed E-state index contributed by atoms with van der Waals surface area (Å²) in [6.45, 7) is 4.08. The maximum Gasteiger partial charge on any atom is 0.269 e. The first-order valence-corrected chi connectivity index (χ1v) is 7.15. The third-order valence-corrected chi connectivity index (χ3v) is 3.32. The second kappa shape index (κ2) is 6.92. The van der Waals surface area contributed by atoms with E-state index in [0.29, 0.717) is 29.1 Å². The minimum atomic E-state index is -0.272. The van der Waals surface area contributed by atoms with Crippen LogP contribution in [0.15, 0.2) is 36.4 Å². The van der Waals surface area contributed by atoms with Crippen molar-refractivity contribution in [3.8, 4) is 6.07 Å². The maximum absolute atomic E-state index is 12.3. The summed E-state index contributed by atoms with van der Waals surface area (Å²) in [5.41, 5.74) is 4.38. The van der Waals surface area contributed by atoms with Crippen molar-refractivity contribution in [3.05, 3.63) is 58.2 Å². The second-order valence-corrected chi connectivity index (χ2v) is 5.01. The van der Waals surface area contributed by atoms with Crippen molar-refractivity contribution in [1.29, 1.82) is 5.26 Å². The lowest BCUT2D eigenvalue weighted by molar-refractivity contribution is 0.0949. The van der Waals surface area contributed by atoms with Crippen molar-refractivity contribution >= 4 is 23.3 Å². The number of hydrazine groups is 1. The molecule has 6 heteroatoms. The topological polar surface area (TPSA) is 69.0 Å². The Balaban J connectivity index is 2.34. The number of amides is 1. The standard InChI is InChI=1S/C16H15ClN4O/c1-3-21(20-16(22)12-7-5-4-6-8-12)15-13(10-18)11(2)9-14(17)19-15/h4-9H,3H2,1-2H3,(H,20,22). The number of halogens is 1. The summed E-state index contributed by atoms with van der Waals surface area (Å²) >= 11 is 5.97. The molecule has 1 aromatic heterocycles. The smallest absolute Gasteiger partial charge is 0.267 e. The Hall–Kier alpha value is -2.58. The van der Waals surface area contributed by atoms with E-state index < -0.39 is 0 Å². The average Bonchev–Trinajstić information content (AvgIpc) is 2.52. The van der Waals surface area contributed by atoms with Gasteiger partial charge in [0.05, 0.1) is 5.56 Å². The molecule has 1 aromatic carbocycles. The Labute approximate surface area is 134 Å². The van der Waals surface area contributed by atoms with E-state index in [4.69, 9.17) is 11.6 Å². The average molecular weight is 315 g/mol. The molecule has 2 aromatic rings. The van der Waals surface area contributed by atoms with Crippen molar-refractivity contribution < 1.29 is 4.79 Å². The SMILES string of the molecule is CCN(NC(=O)c1ccccc1)c1nc(Cl)cc(C)c1C#N. The van der Waals surface area contributed by atoms with Gasteiger partial charge in [-0.05, 0) is 37.6 Å². The first-order valence-electron chi connectivity index (χ1n) is 6.77. The summed E-state index contributed by atoms with van der Waals surface area (Å²) in [5.74, 6) is 0.0741. The Morgan fingerprint density at radius 2 is 2.09 bits per heavy atom. The van der Waals surface area contributed by atoms with Crippen LogP contribution in [0.1, 0.15) is 28.4 Å². The van der Waals surface area contributed by atoms with Gasteiger partial charge in [0.1, 0.15) is 11.2 Å². The number of hydrogen-bond acceptors (Lipinski definition) is 4. The molecule has 0 fully saturated rings. The molecule has 0 aliphatic heterocycles. The summed E-state index contributed by atoms with van der Waals surface area (Å²) in [7, 11) is 0. The van der Waals surface area contributed by atoms with Crippen molar-refractivity contribution in [1.82, 2.24) is 10.4 Å². The molecule has 0 saturated carbocycles. The molecule has 2 rings (SSSR count). The normalized spacial score (nSPS) is 9.91. The molecule has 0 unspecified atom stereocenters. The lowest BCUT2D eigenvalue weighted by Crippen LogP contribution is -2.43. The lowest BCUT2D eigenvalue weighted by Gasteiger charge is -2.24. The van der Waals surface area contributed by atoms with Crippen LogP contribution in [0.3, 0.4) is 0 Å². The number of nitrogens with zero attached hydrogens (tertiary/aromatic N) is 3. The highest BCUT2D eigenvalue weighted by atomic mass is 35.5. The van der Waals surface area contributed by atoms with Crippen LogP contribution in [0, 0.1) is 18.3 Å². The number of pyridine rings is 1. The van der Waals surface area contributed by atoms with Gasteiger partial charge in [0, 0.05) is 12.1 Å². The largest absolute Gasteiger partial charge is 0.269 e. The summed E-state index contributed by atoms with van der Waals surface area (Å²) in [6, 6.07) is 12.6. The number of nitrogens with one attached hydrogen (secondary N) is 1. The Kier molecular flexibility index (Phi) is 4.97. The molecule has 0 atom stereocenters. The predicted octanol–water partition coefficient (Wildman–Crippen LogP) is 3.09. The van der Waals surface area contributed by atoms with E-state index in [9.17, 15) is 10.1 Å². The molecule has 1 amide bonds. The number of nitriles is 1. The molecule has 0 aliphatic carbocycles. The summed E-state index contributed by atoms with van der Waals surface area (Å²) in [6.07, 6.45) is 0. The van der Waals surface area contributed by atoms with Crippen LogP contribution in [-0.4, -0.2) is 17.4 Å². The van der Waals surface area contributed by atoms with Crippen molar-refractivity contribution in [2.45, 2.75) is 13.8 Å². The number of aromatic nitrogens is 1. The van der Waals surface area contributed by atoms with Gasteiger partial charge in [0.2, 0.25) is 0 Å². The van der Waals surface area contributed by atoms with Gasteiger partial charge in [-0.2, -0.15) is 5.26 Å². The van der Waals surface area contributed by atoms with E-state index in [1.807, 2.05) is 13.0 Å².